The van der Waals surface area contributed by atoms with E-state index in [0.717, 1.165) is 63.8 Å². The molecule has 0 aliphatic heterocycles. The first-order chi connectivity index (χ1) is 13.0. The van der Waals surface area contributed by atoms with Crippen molar-refractivity contribution in [1.29, 1.82) is 0 Å². The van der Waals surface area contributed by atoms with Crippen LogP contribution < -0.4 is 0 Å². The van der Waals surface area contributed by atoms with Gasteiger partial charge in [-0.1, -0.05) is 66.7 Å². The summed E-state index contributed by atoms with van der Waals surface area (Å²) in [7, 11) is -5.62. The highest BCUT2D eigenvalue weighted by molar-refractivity contribution is 6.74. The lowest BCUT2D eigenvalue weighted by Gasteiger charge is -2.37. The van der Waals surface area contributed by atoms with Gasteiger partial charge in [0, 0.05) is 39.0 Å². The molecule has 0 unspecified atom stereocenters. The van der Waals surface area contributed by atoms with Gasteiger partial charge in [-0.05, 0) is 25.7 Å². The van der Waals surface area contributed by atoms with Crippen LogP contribution >= 0.6 is 0 Å². The molecule has 27 heavy (non-hydrogen) atoms. The predicted octanol–water partition coefficient (Wildman–Crippen LogP) is 6.19. The molecule has 5 nitrogen and oxygen atoms in total. The van der Waals surface area contributed by atoms with E-state index in [2.05, 4.69) is 34.6 Å². The Morgan fingerprint density at radius 2 is 0.889 bits per heavy atom. The maximum atomic E-state index is 6.64. The molecule has 0 atom stereocenters. The van der Waals surface area contributed by atoms with Crippen LogP contribution in [0.5, 0.6) is 0 Å². The molecule has 0 rings (SSSR count). The quantitative estimate of drug-likeness (QED) is 0.173. The van der Waals surface area contributed by atoms with Gasteiger partial charge in [0.25, 0.3) is 0 Å². The van der Waals surface area contributed by atoms with Gasteiger partial charge in [0.2, 0.25) is 0 Å². The van der Waals surface area contributed by atoms with Gasteiger partial charge in [0.1, 0.15) is 0 Å². The van der Waals surface area contributed by atoms with Gasteiger partial charge in [-0.3, -0.25) is 0 Å². The van der Waals surface area contributed by atoms with E-state index in [1.165, 1.54) is 0 Å². The number of hydrogen-bond donors (Lipinski definition) is 0. The van der Waals surface area contributed by atoms with Crippen molar-refractivity contribution < 1.29 is 21.8 Å². The second kappa shape index (κ2) is 17.1. The smallest absolute Gasteiger partial charge is 0.374 e. The Morgan fingerprint density at radius 3 is 1.22 bits per heavy atom. The Kier molecular flexibility index (Phi) is 17.3. The molecule has 0 spiro atoms. The minimum Gasteiger partial charge on any atom is -0.374 e. The van der Waals surface area contributed by atoms with E-state index in [4.69, 9.17) is 21.8 Å². The lowest BCUT2D eigenvalue weighted by molar-refractivity contribution is 0.0423. The van der Waals surface area contributed by atoms with Crippen molar-refractivity contribution >= 4 is 17.6 Å². The van der Waals surface area contributed by atoms with Crippen LogP contribution in [-0.2, 0) is 21.8 Å². The van der Waals surface area contributed by atoms with Crippen LogP contribution in [0.15, 0.2) is 0 Å². The van der Waals surface area contributed by atoms with E-state index in [9.17, 15) is 0 Å². The van der Waals surface area contributed by atoms with E-state index in [-0.39, 0.29) is 0 Å². The topological polar surface area (TPSA) is 46.2 Å². The Hall–Kier alpha value is 0.234. The molecular weight excluding hydrogens is 376 g/mol. The van der Waals surface area contributed by atoms with Crippen molar-refractivity contribution in [2.24, 2.45) is 0 Å². The van der Waals surface area contributed by atoms with Gasteiger partial charge in [-0.2, -0.15) is 0 Å². The summed E-state index contributed by atoms with van der Waals surface area (Å²) >= 11 is 0. The van der Waals surface area contributed by atoms with Crippen LogP contribution in [0.1, 0.15) is 92.4 Å². The summed E-state index contributed by atoms with van der Waals surface area (Å²) < 4.78 is 31.7. The molecular formula is C20H46O5Si2. The summed E-state index contributed by atoms with van der Waals surface area (Å²) in [6.07, 6.45) is 9.42. The monoisotopic (exact) mass is 422 g/mol. The normalized spacial score (nSPS) is 12.7. The van der Waals surface area contributed by atoms with Crippen molar-refractivity contribution in [3.8, 4) is 0 Å². The lowest BCUT2D eigenvalue weighted by Crippen LogP contribution is -2.57. The molecule has 0 fully saturated rings. The van der Waals surface area contributed by atoms with Crippen LogP contribution in [0.25, 0.3) is 0 Å². The zero-order chi connectivity index (χ0) is 20.4. The molecule has 0 saturated heterocycles. The third-order valence-electron chi connectivity index (χ3n) is 4.26. The molecule has 0 bridgehead atoms. The van der Waals surface area contributed by atoms with Crippen LogP contribution in [-0.4, -0.2) is 44.0 Å². The van der Waals surface area contributed by atoms with E-state index >= 15 is 0 Å². The first-order valence-corrected chi connectivity index (χ1v) is 15.4. The van der Waals surface area contributed by atoms with E-state index < -0.39 is 17.6 Å². The molecule has 0 aromatic rings. The SMILES string of the molecule is CCCCO[Si](C)(OCCCC)O[Si](CCC)(OCCCC)OCCCC. The summed E-state index contributed by atoms with van der Waals surface area (Å²) in [6.45, 7) is 15.6. The van der Waals surface area contributed by atoms with Gasteiger partial charge in [0.15, 0.2) is 0 Å². The molecule has 0 radical (unpaired) electrons. The third-order valence-corrected chi connectivity index (χ3v) is 10.8. The maximum absolute atomic E-state index is 6.64. The highest BCUT2D eigenvalue weighted by Gasteiger charge is 2.50. The van der Waals surface area contributed by atoms with Crippen molar-refractivity contribution in [2.75, 3.05) is 26.4 Å². The minimum absolute atomic E-state index is 0.672. The van der Waals surface area contributed by atoms with Crippen LogP contribution in [0, 0.1) is 0 Å². The number of unbranched alkanes of at least 4 members (excludes halogenated alkanes) is 4. The molecule has 164 valence electrons. The Labute approximate surface area is 171 Å². The molecule has 0 aliphatic rings. The van der Waals surface area contributed by atoms with Crippen molar-refractivity contribution in [3.05, 3.63) is 0 Å². The third kappa shape index (κ3) is 13.1. The highest BCUT2D eigenvalue weighted by atomic mass is 28.5. The first kappa shape index (κ1) is 27.2. The lowest BCUT2D eigenvalue weighted by atomic mass is 10.4. The first-order valence-electron chi connectivity index (χ1n) is 11.3. The molecule has 0 N–H and O–H groups in total. The second-order valence-corrected chi connectivity index (χ2v) is 12.8. The van der Waals surface area contributed by atoms with Crippen molar-refractivity contribution in [1.82, 2.24) is 0 Å². The maximum Gasteiger partial charge on any atom is 0.493 e. The number of rotatable bonds is 20. The zero-order valence-electron chi connectivity index (χ0n) is 18.9. The molecule has 7 heteroatoms. The fraction of sp³-hybridized carbons (Fsp3) is 1.00. The standard InChI is InChI=1S/C20H46O5Si2/c1-7-12-16-21-26(6,22-17-13-8-2)25-27(20-11-5,23-18-14-9-3)24-19-15-10-4/h7-20H2,1-6H3. The average molecular weight is 423 g/mol. The molecule has 0 aromatic carbocycles. The fourth-order valence-electron chi connectivity index (χ4n) is 2.53. The van der Waals surface area contributed by atoms with Crippen molar-refractivity contribution in [3.63, 3.8) is 0 Å². The zero-order valence-corrected chi connectivity index (χ0v) is 20.9. The summed E-state index contributed by atoms with van der Waals surface area (Å²) in [4.78, 5) is 0. The summed E-state index contributed by atoms with van der Waals surface area (Å²) in [5.41, 5.74) is 0. The highest BCUT2D eigenvalue weighted by Crippen LogP contribution is 2.26. The fourth-order valence-corrected chi connectivity index (χ4v) is 9.15. The Bertz CT molecular complexity index is 311. The van der Waals surface area contributed by atoms with E-state index in [1.54, 1.807) is 0 Å². The van der Waals surface area contributed by atoms with Gasteiger partial charge in [-0.15, -0.1) is 0 Å². The van der Waals surface area contributed by atoms with Crippen LogP contribution in [0.4, 0.5) is 0 Å². The predicted molar refractivity (Wildman–Crippen MR) is 117 cm³/mol. The summed E-state index contributed by atoms with van der Waals surface area (Å²) in [5, 5.41) is 0. The van der Waals surface area contributed by atoms with Crippen LogP contribution in [0.3, 0.4) is 0 Å². The summed E-state index contributed by atoms with van der Waals surface area (Å²) in [6, 6.07) is 0.817. The van der Waals surface area contributed by atoms with E-state index in [0.29, 0.717) is 26.4 Å². The molecule has 0 aromatic heterocycles. The van der Waals surface area contributed by atoms with Crippen LogP contribution in [0.2, 0.25) is 12.6 Å². The van der Waals surface area contributed by atoms with Gasteiger partial charge < -0.3 is 21.8 Å². The second-order valence-electron chi connectivity index (χ2n) is 7.21. The summed E-state index contributed by atoms with van der Waals surface area (Å²) in [5.74, 6) is 0. The minimum atomic E-state index is -2.81. The molecule has 0 heterocycles. The Morgan fingerprint density at radius 1 is 0.519 bits per heavy atom. The van der Waals surface area contributed by atoms with E-state index in [1.807, 2.05) is 6.55 Å². The average Bonchev–Trinajstić information content (AvgIpc) is 2.63. The molecule has 0 aliphatic carbocycles. The Balaban J connectivity index is 5.27. The van der Waals surface area contributed by atoms with Crippen molar-refractivity contribution in [2.45, 2.75) is 105 Å². The number of hydrogen-bond acceptors (Lipinski definition) is 5. The molecule has 0 saturated carbocycles. The van der Waals surface area contributed by atoms with Gasteiger partial charge in [0.05, 0.1) is 0 Å². The molecule has 0 amide bonds. The van der Waals surface area contributed by atoms with Gasteiger partial charge in [-0.25, -0.2) is 0 Å². The van der Waals surface area contributed by atoms with Gasteiger partial charge >= 0.3 is 17.6 Å². The largest absolute Gasteiger partial charge is 0.493 e.